The summed E-state index contributed by atoms with van der Waals surface area (Å²) in [6.45, 7) is 5.06. The maximum atomic E-state index is 14.2. The van der Waals surface area contributed by atoms with Crippen molar-refractivity contribution in [3.05, 3.63) is 36.2 Å². The quantitative estimate of drug-likeness (QED) is 0.445. The smallest absolute Gasteiger partial charge is 0.408 e. The van der Waals surface area contributed by atoms with E-state index in [0.717, 1.165) is 19.3 Å². The first-order valence-electron chi connectivity index (χ1n) is 14.6. The number of nitrogens with one attached hydrogen (secondary N) is 2. The number of carboxylic acid groups (broad SMARTS) is 1. The van der Waals surface area contributed by atoms with Crippen LogP contribution in [0.25, 0.3) is 11.1 Å². The molecule has 1 aromatic carbocycles. The van der Waals surface area contributed by atoms with Gasteiger partial charge in [0.1, 0.15) is 34.8 Å². The molecule has 43 heavy (non-hydrogen) atoms. The lowest BCUT2D eigenvalue weighted by Gasteiger charge is -2.30. The van der Waals surface area contributed by atoms with Gasteiger partial charge in [-0.15, -0.1) is 0 Å². The van der Waals surface area contributed by atoms with Crippen LogP contribution in [0.5, 0.6) is 6.08 Å². The lowest BCUT2D eigenvalue weighted by Crippen LogP contribution is -2.56. The largest absolute Gasteiger partial charge is 0.479 e. The number of hydrogen-bond donors (Lipinski definition) is 3. The van der Waals surface area contributed by atoms with Crippen LogP contribution < -0.4 is 15.4 Å². The number of fused-ring (bicyclic) bond motifs is 3. The van der Waals surface area contributed by atoms with Crippen molar-refractivity contribution in [2.75, 3.05) is 6.54 Å². The number of aliphatic carboxylic acids is 1. The fourth-order valence-electron chi connectivity index (χ4n) is 5.68. The highest BCUT2D eigenvalue weighted by molar-refractivity contribution is 5.96. The number of carboxylic acids is 1. The Morgan fingerprint density at radius 3 is 2.74 bits per heavy atom. The molecule has 0 radical (unpaired) electrons. The monoisotopic (exact) mass is 600 g/mol. The number of alkyl carbamates (subject to hydrolysis) is 1. The Morgan fingerprint density at radius 1 is 1.23 bits per heavy atom. The number of rotatable bonds is 4. The molecular weight excluding hydrogens is 563 g/mol. The summed E-state index contributed by atoms with van der Waals surface area (Å²) in [5.41, 5.74) is -2.10. The summed E-state index contributed by atoms with van der Waals surface area (Å²) in [7, 11) is 0. The predicted octanol–water partition coefficient (Wildman–Crippen LogP) is 3.69. The molecule has 13 heteroatoms. The van der Waals surface area contributed by atoms with Gasteiger partial charge >= 0.3 is 18.1 Å². The number of nitrogens with zero attached hydrogens (tertiary/aromatic N) is 2. The Balaban J connectivity index is 1.42. The van der Waals surface area contributed by atoms with E-state index < -0.39 is 59.0 Å². The molecule has 1 aliphatic carbocycles. The van der Waals surface area contributed by atoms with Crippen LogP contribution in [0.4, 0.5) is 9.18 Å². The Kier molecular flexibility index (Phi) is 8.35. The molecule has 0 spiro atoms. The number of para-hydroxylation sites is 1. The second-order valence-corrected chi connectivity index (χ2v) is 12.4. The first-order valence-corrected chi connectivity index (χ1v) is 14.6. The van der Waals surface area contributed by atoms with Gasteiger partial charge in [0, 0.05) is 12.3 Å². The number of hydrogen-bond acceptors (Lipinski definition) is 8. The molecule has 2 aliphatic heterocycles. The van der Waals surface area contributed by atoms with Gasteiger partial charge in [0.2, 0.25) is 11.8 Å². The fourth-order valence-corrected chi connectivity index (χ4v) is 5.68. The van der Waals surface area contributed by atoms with Gasteiger partial charge in [-0.05, 0) is 58.6 Å². The zero-order chi connectivity index (χ0) is 30.9. The minimum absolute atomic E-state index is 0.00581. The summed E-state index contributed by atoms with van der Waals surface area (Å²) < 4.78 is 30.9. The van der Waals surface area contributed by atoms with E-state index in [9.17, 15) is 28.7 Å². The Bertz CT molecular complexity index is 1430. The van der Waals surface area contributed by atoms with E-state index in [4.69, 9.17) is 13.9 Å². The number of benzene rings is 1. The molecule has 3 heterocycles. The van der Waals surface area contributed by atoms with Gasteiger partial charge in [0.15, 0.2) is 11.4 Å². The molecular formula is C30H37FN4O8. The van der Waals surface area contributed by atoms with Crippen molar-refractivity contribution in [3.8, 4) is 6.08 Å². The van der Waals surface area contributed by atoms with Gasteiger partial charge in [-0.3, -0.25) is 9.59 Å². The third-order valence-corrected chi connectivity index (χ3v) is 7.93. The van der Waals surface area contributed by atoms with E-state index in [-0.39, 0.29) is 42.5 Å². The highest BCUT2D eigenvalue weighted by Gasteiger charge is 2.61. The van der Waals surface area contributed by atoms with Gasteiger partial charge in [-0.2, -0.15) is 4.98 Å². The maximum absolute atomic E-state index is 14.2. The second kappa shape index (κ2) is 11.8. The number of carbonyl (C=O) groups is 4. The first-order chi connectivity index (χ1) is 20.4. The maximum Gasteiger partial charge on any atom is 0.408 e. The van der Waals surface area contributed by atoms with Gasteiger partial charge in [-0.1, -0.05) is 31.1 Å². The molecule has 5 rings (SSSR count). The van der Waals surface area contributed by atoms with Crippen LogP contribution in [-0.4, -0.2) is 74.7 Å². The summed E-state index contributed by atoms with van der Waals surface area (Å²) in [5.74, 6) is -3.30. The summed E-state index contributed by atoms with van der Waals surface area (Å²) in [6, 6.07) is 2.17. The number of allylic oxidation sites excluding steroid dienone is 1. The van der Waals surface area contributed by atoms with E-state index in [1.807, 2.05) is 12.2 Å². The molecule has 1 aromatic heterocycles. The van der Waals surface area contributed by atoms with Crippen molar-refractivity contribution in [2.24, 2.45) is 5.92 Å². The highest BCUT2D eigenvalue weighted by atomic mass is 19.1. The van der Waals surface area contributed by atoms with Crippen molar-refractivity contribution in [3.63, 3.8) is 0 Å². The molecule has 2 fully saturated rings. The summed E-state index contributed by atoms with van der Waals surface area (Å²) in [5, 5.41) is 15.4. The number of oxazole rings is 1. The van der Waals surface area contributed by atoms with Crippen LogP contribution in [0.3, 0.4) is 0 Å². The Hall–Kier alpha value is -4.16. The van der Waals surface area contributed by atoms with Crippen LogP contribution >= 0.6 is 0 Å². The molecule has 0 bridgehead atoms. The Labute approximate surface area is 248 Å². The van der Waals surface area contributed by atoms with Crippen molar-refractivity contribution in [2.45, 2.75) is 95.0 Å². The molecule has 3 aliphatic rings. The molecule has 232 valence electrons. The number of halogens is 1. The SMILES string of the molecule is CC(C)(C)OC(=O)N[C@H]1CCCCC/C=C\[C@@H]2C[C@@]2(C(=O)O)NC(=O)[C@@H]2C[C@@H](Oc3nc4cccc(F)c4o3)CN2C1=O. The van der Waals surface area contributed by atoms with Gasteiger partial charge in [-0.25, -0.2) is 14.0 Å². The third kappa shape index (κ3) is 6.75. The molecule has 1 saturated carbocycles. The zero-order valence-electron chi connectivity index (χ0n) is 24.4. The summed E-state index contributed by atoms with van der Waals surface area (Å²) in [6.07, 6.45) is 5.48. The van der Waals surface area contributed by atoms with Crippen molar-refractivity contribution < 1.29 is 42.6 Å². The number of amides is 3. The minimum Gasteiger partial charge on any atom is -0.479 e. The molecule has 3 amide bonds. The van der Waals surface area contributed by atoms with Crippen molar-refractivity contribution in [1.29, 1.82) is 0 Å². The van der Waals surface area contributed by atoms with E-state index in [2.05, 4.69) is 15.6 Å². The van der Waals surface area contributed by atoms with Crippen molar-refractivity contribution >= 4 is 35.0 Å². The molecule has 5 atom stereocenters. The molecule has 1 saturated heterocycles. The van der Waals surface area contributed by atoms with E-state index >= 15 is 0 Å². The topological polar surface area (TPSA) is 160 Å². The molecule has 2 aromatic rings. The van der Waals surface area contributed by atoms with Crippen molar-refractivity contribution in [1.82, 2.24) is 20.5 Å². The second-order valence-electron chi connectivity index (χ2n) is 12.4. The minimum atomic E-state index is -1.46. The standard InChI is InChI=1S/C30H37FN4O8/c1-29(2,3)43-27(40)32-21-12-8-6-4-5-7-10-17-15-30(17,26(38)39)34-24(36)22-14-18(16-35(22)25(21)37)41-28-33-20-13-9-11-19(31)23(20)42-28/h7,9-11,13,17-18,21-22H,4-6,8,12,14-16H2,1-3H3,(H,32,40)(H,34,36)(H,38,39)/b10-7-/t17-,18-,21+,22+,30-/m1/s1. The average molecular weight is 601 g/mol. The van der Waals surface area contributed by atoms with Crippen LogP contribution in [0.15, 0.2) is 34.8 Å². The lowest BCUT2D eigenvalue weighted by molar-refractivity contribution is -0.145. The van der Waals surface area contributed by atoms with Gasteiger partial charge in [0.25, 0.3) is 0 Å². The summed E-state index contributed by atoms with van der Waals surface area (Å²) in [4.78, 5) is 58.1. The van der Waals surface area contributed by atoms with Crippen LogP contribution in [0, 0.1) is 11.7 Å². The van der Waals surface area contributed by atoms with Gasteiger partial charge < -0.3 is 34.5 Å². The Morgan fingerprint density at radius 2 is 2.02 bits per heavy atom. The number of carbonyl (C=O) groups excluding carboxylic acids is 3. The van der Waals surface area contributed by atoms with Gasteiger partial charge in [0.05, 0.1) is 6.54 Å². The van der Waals surface area contributed by atoms with Crippen LogP contribution in [-0.2, 0) is 19.1 Å². The zero-order valence-corrected chi connectivity index (χ0v) is 24.4. The third-order valence-electron chi connectivity index (χ3n) is 7.93. The van der Waals surface area contributed by atoms with E-state index in [1.165, 1.54) is 17.0 Å². The first kappa shape index (κ1) is 30.3. The average Bonchev–Trinajstić information content (AvgIpc) is 3.24. The predicted molar refractivity (Wildman–Crippen MR) is 151 cm³/mol. The normalized spacial score (nSPS) is 29.0. The van der Waals surface area contributed by atoms with E-state index in [0.29, 0.717) is 12.8 Å². The molecule has 0 unspecified atom stereocenters. The summed E-state index contributed by atoms with van der Waals surface area (Å²) >= 11 is 0. The fraction of sp³-hybridized carbons (Fsp3) is 0.567. The number of aromatic nitrogens is 1. The van der Waals surface area contributed by atoms with Crippen LogP contribution in [0.2, 0.25) is 0 Å². The van der Waals surface area contributed by atoms with Crippen LogP contribution in [0.1, 0.15) is 65.7 Å². The molecule has 3 N–H and O–H groups in total. The lowest BCUT2D eigenvalue weighted by atomic mass is 10.0. The van der Waals surface area contributed by atoms with E-state index in [1.54, 1.807) is 26.8 Å². The highest BCUT2D eigenvalue weighted by Crippen LogP contribution is 2.45. The number of ether oxygens (including phenoxy) is 2. The molecule has 12 nitrogen and oxygen atoms in total.